The number of benzene rings is 2. The van der Waals surface area contributed by atoms with E-state index in [1.54, 1.807) is 18.2 Å². The van der Waals surface area contributed by atoms with Crippen molar-refractivity contribution in [3.05, 3.63) is 57.3 Å². The van der Waals surface area contributed by atoms with Gasteiger partial charge in [-0.1, -0.05) is 40.9 Å². The molecule has 1 N–H and O–H groups in total. The molecule has 8 heteroatoms. The van der Waals surface area contributed by atoms with Gasteiger partial charge in [0.25, 0.3) is 0 Å². The number of hydrogen-bond donors (Lipinski definition) is 1. The Morgan fingerprint density at radius 3 is 2.25 bits per heavy atom. The maximum absolute atomic E-state index is 13.3. The molecule has 2 aromatic rings. The summed E-state index contributed by atoms with van der Waals surface area (Å²) >= 11 is 17.7. The van der Waals surface area contributed by atoms with E-state index < -0.39 is 17.6 Å². The highest BCUT2D eigenvalue weighted by Crippen LogP contribution is 2.30. The summed E-state index contributed by atoms with van der Waals surface area (Å²) in [5.41, 5.74) is 0.556. The largest absolute Gasteiger partial charge is 0.322 e. The van der Waals surface area contributed by atoms with Gasteiger partial charge in [-0.25, -0.2) is 4.39 Å². The minimum absolute atomic E-state index is 0.145. The van der Waals surface area contributed by atoms with Crippen LogP contribution in [0.25, 0.3) is 0 Å². The van der Waals surface area contributed by atoms with Crippen LogP contribution in [0.1, 0.15) is 6.92 Å². The van der Waals surface area contributed by atoms with Crippen molar-refractivity contribution in [3.63, 3.8) is 0 Å². The van der Waals surface area contributed by atoms with Crippen LogP contribution in [0.3, 0.4) is 0 Å². The van der Waals surface area contributed by atoms with Gasteiger partial charge >= 0.3 is 0 Å². The minimum atomic E-state index is -0.615. The lowest BCUT2D eigenvalue weighted by Gasteiger charge is -2.21. The van der Waals surface area contributed by atoms with Gasteiger partial charge in [-0.15, -0.1) is 0 Å². The van der Waals surface area contributed by atoms with Crippen LogP contribution in [0.4, 0.5) is 15.8 Å². The zero-order chi connectivity index (χ0) is 17.9. The van der Waals surface area contributed by atoms with E-state index in [1.807, 2.05) is 0 Å². The van der Waals surface area contributed by atoms with E-state index in [0.29, 0.717) is 5.69 Å². The van der Waals surface area contributed by atoms with Crippen molar-refractivity contribution in [2.24, 2.45) is 0 Å². The molecule has 0 saturated carbocycles. The predicted octanol–water partition coefficient (Wildman–Crippen LogP) is 4.78. The summed E-state index contributed by atoms with van der Waals surface area (Å²) in [5.74, 6) is -1.53. The van der Waals surface area contributed by atoms with Crippen molar-refractivity contribution >= 4 is 58.0 Å². The molecule has 2 aromatic carbocycles. The van der Waals surface area contributed by atoms with Gasteiger partial charge in [0.15, 0.2) is 0 Å². The minimum Gasteiger partial charge on any atom is -0.322 e. The van der Waals surface area contributed by atoms with Crippen LogP contribution in [-0.4, -0.2) is 18.4 Å². The highest BCUT2D eigenvalue weighted by atomic mass is 35.5. The first-order chi connectivity index (χ1) is 11.3. The van der Waals surface area contributed by atoms with Gasteiger partial charge in [-0.3, -0.25) is 9.59 Å². The van der Waals surface area contributed by atoms with Crippen LogP contribution in [0.5, 0.6) is 0 Å². The fraction of sp³-hybridized carbons (Fsp3) is 0.125. The fourth-order valence-electron chi connectivity index (χ4n) is 1.98. The fourth-order valence-corrected chi connectivity index (χ4v) is 2.64. The van der Waals surface area contributed by atoms with Crippen LogP contribution >= 0.6 is 34.8 Å². The van der Waals surface area contributed by atoms with E-state index in [0.717, 1.165) is 11.0 Å². The smallest absolute Gasteiger partial charge is 0.244 e. The number of amides is 2. The molecule has 24 heavy (non-hydrogen) atoms. The van der Waals surface area contributed by atoms with Crippen molar-refractivity contribution in [1.29, 1.82) is 0 Å². The SMILES string of the molecule is CC(=O)N(CC(=O)Nc1c(Cl)cccc1Cl)c1ccc(F)c(Cl)c1. The first-order valence-electron chi connectivity index (χ1n) is 6.76. The Labute approximate surface area is 153 Å². The number of anilines is 2. The van der Waals surface area contributed by atoms with Gasteiger partial charge < -0.3 is 10.2 Å². The molecule has 0 spiro atoms. The number of hydrogen-bond acceptors (Lipinski definition) is 2. The Bertz CT molecular complexity index is 779. The van der Waals surface area contributed by atoms with Crippen LogP contribution in [0, 0.1) is 5.82 Å². The van der Waals surface area contributed by atoms with Gasteiger partial charge in [0.05, 0.1) is 20.8 Å². The van der Waals surface area contributed by atoms with Crippen molar-refractivity contribution in [2.75, 3.05) is 16.8 Å². The standard InChI is InChI=1S/C16H12Cl3FN2O2/c1-9(23)22(10-5-6-14(20)13(19)7-10)8-15(24)21-16-11(17)3-2-4-12(16)18/h2-7H,8H2,1H3,(H,21,24). The summed E-state index contributed by atoms with van der Waals surface area (Å²) in [6.45, 7) is 0.978. The van der Waals surface area contributed by atoms with Crippen molar-refractivity contribution < 1.29 is 14.0 Å². The van der Waals surface area contributed by atoms with Gasteiger partial charge in [0.2, 0.25) is 11.8 Å². The summed E-state index contributed by atoms with van der Waals surface area (Å²) in [5, 5.41) is 2.96. The molecule has 0 aliphatic heterocycles. The third-order valence-electron chi connectivity index (χ3n) is 3.12. The predicted molar refractivity (Wildman–Crippen MR) is 94.5 cm³/mol. The molecule has 0 heterocycles. The molecule has 0 aliphatic carbocycles. The molecule has 0 aliphatic rings. The number of nitrogens with zero attached hydrogens (tertiary/aromatic N) is 1. The molecular weight excluding hydrogens is 378 g/mol. The van der Waals surface area contributed by atoms with Gasteiger partial charge in [-0.2, -0.15) is 0 Å². The van der Waals surface area contributed by atoms with Gasteiger partial charge in [0.1, 0.15) is 12.4 Å². The lowest BCUT2D eigenvalue weighted by atomic mass is 10.2. The summed E-state index contributed by atoms with van der Waals surface area (Å²) in [7, 11) is 0. The Morgan fingerprint density at radius 1 is 1.08 bits per heavy atom. The molecule has 2 rings (SSSR count). The Balaban J connectivity index is 2.20. The lowest BCUT2D eigenvalue weighted by Crippen LogP contribution is -2.36. The third-order valence-corrected chi connectivity index (χ3v) is 4.04. The van der Waals surface area contributed by atoms with Gasteiger partial charge in [-0.05, 0) is 30.3 Å². The molecule has 0 saturated heterocycles. The Morgan fingerprint density at radius 2 is 1.71 bits per heavy atom. The first kappa shape index (κ1) is 18.5. The average molecular weight is 390 g/mol. The average Bonchev–Trinajstić information content (AvgIpc) is 2.51. The van der Waals surface area contributed by atoms with Crippen LogP contribution < -0.4 is 10.2 Å². The Hall–Kier alpha value is -1.82. The molecule has 0 unspecified atom stereocenters. The molecule has 0 aromatic heterocycles. The quantitative estimate of drug-likeness (QED) is 0.818. The summed E-state index contributed by atoms with van der Waals surface area (Å²) in [6, 6.07) is 8.54. The zero-order valence-electron chi connectivity index (χ0n) is 12.4. The molecular formula is C16H12Cl3FN2O2. The molecule has 4 nitrogen and oxygen atoms in total. The summed E-state index contributed by atoms with van der Waals surface area (Å²) in [4.78, 5) is 25.2. The number of nitrogens with one attached hydrogen (secondary N) is 1. The third kappa shape index (κ3) is 4.38. The van der Waals surface area contributed by atoms with Crippen LogP contribution in [0.15, 0.2) is 36.4 Å². The van der Waals surface area contributed by atoms with Crippen LogP contribution in [0.2, 0.25) is 15.1 Å². The molecule has 0 atom stereocenters. The van der Waals surface area contributed by atoms with Crippen molar-refractivity contribution in [2.45, 2.75) is 6.92 Å². The van der Waals surface area contributed by atoms with E-state index in [1.165, 1.54) is 19.1 Å². The molecule has 0 bridgehead atoms. The van der Waals surface area contributed by atoms with Crippen molar-refractivity contribution in [3.8, 4) is 0 Å². The van der Waals surface area contributed by atoms with Gasteiger partial charge in [0, 0.05) is 12.6 Å². The monoisotopic (exact) mass is 388 g/mol. The second-order valence-corrected chi connectivity index (χ2v) is 6.07. The number of para-hydroxylation sites is 1. The van der Waals surface area contributed by atoms with E-state index in [9.17, 15) is 14.0 Å². The maximum atomic E-state index is 13.3. The molecule has 2 amide bonds. The first-order valence-corrected chi connectivity index (χ1v) is 7.90. The van der Waals surface area contributed by atoms with Crippen LogP contribution in [-0.2, 0) is 9.59 Å². The van der Waals surface area contributed by atoms with E-state index in [2.05, 4.69) is 5.32 Å². The summed E-state index contributed by atoms with van der Waals surface area (Å²) in [6.07, 6.45) is 0. The van der Waals surface area contributed by atoms with E-state index in [-0.39, 0.29) is 27.3 Å². The van der Waals surface area contributed by atoms with E-state index >= 15 is 0 Å². The number of halogens is 4. The molecule has 126 valence electrons. The zero-order valence-corrected chi connectivity index (χ0v) is 14.7. The number of carbonyl (C=O) groups excluding carboxylic acids is 2. The van der Waals surface area contributed by atoms with Crippen molar-refractivity contribution in [1.82, 2.24) is 0 Å². The molecule has 0 fully saturated rings. The second-order valence-electron chi connectivity index (χ2n) is 4.85. The Kier molecular flexibility index (Phi) is 6.04. The highest BCUT2D eigenvalue weighted by molar-refractivity contribution is 6.39. The number of carbonyl (C=O) groups is 2. The lowest BCUT2D eigenvalue weighted by molar-refractivity contribution is -0.120. The van der Waals surface area contributed by atoms with E-state index in [4.69, 9.17) is 34.8 Å². The number of rotatable bonds is 4. The topological polar surface area (TPSA) is 49.4 Å². The molecule has 0 radical (unpaired) electrons. The normalized spacial score (nSPS) is 10.4. The maximum Gasteiger partial charge on any atom is 0.244 e. The summed E-state index contributed by atoms with van der Waals surface area (Å²) < 4.78 is 13.3. The highest BCUT2D eigenvalue weighted by Gasteiger charge is 2.18. The second kappa shape index (κ2) is 7.83.